The van der Waals surface area contributed by atoms with Gasteiger partial charge in [0.15, 0.2) is 0 Å². The number of halogens is 1. The summed E-state index contributed by atoms with van der Waals surface area (Å²) in [6.45, 7) is 18.5. The molecule has 0 aliphatic heterocycles. The molecular formula is C30H43BrN2O3S. The SMILES string of the molecule is C=C(C)CC(C[C@H](OC(N)=O)C(CC(C)(C)C)c1ccc(Br)cc1)(N[S@+]([O-])C(C)(C)C)c1ccccc1. The molecule has 0 heterocycles. The number of ether oxygens (including phenoxy) is 1. The Kier molecular flexibility index (Phi) is 10.9. The van der Waals surface area contributed by atoms with E-state index in [0.29, 0.717) is 12.8 Å². The van der Waals surface area contributed by atoms with E-state index in [-0.39, 0.29) is 11.3 Å². The van der Waals surface area contributed by atoms with Gasteiger partial charge in [0.1, 0.15) is 10.9 Å². The lowest BCUT2D eigenvalue weighted by Crippen LogP contribution is -2.54. The van der Waals surface area contributed by atoms with Gasteiger partial charge in [-0.3, -0.25) is 0 Å². The minimum Gasteiger partial charge on any atom is -0.598 e. The van der Waals surface area contributed by atoms with Gasteiger partial charge >= 0.3 is 6.09 Å². The van der Waals surface area contributed by atoms with Gasteiger partial charge in [0, 0.05) is 28.2 Å². The number of hydrogen-bond acceptors (Lipinski definition) is 4. The minimum absolute atomic E-state index is 0.0532. The summed E-state index contributed by atoms with van der Waals surface area (Å²) >= 11 is 2.12. The number of primary amides is 1. The van der Waals surface area contributed by atoms with E-state index >= 15 is 0 Å². The van der Waals surface area contributed by atoms with Crippen LogP contribution in [0.2, 0.25) is 0 Å². The molecule has 2 unspecified atom stereocenters. The number of benzene rings is 2. The van der Waals surface area contributed by atoms with Gasteiger partial charge in [0.25, 0.3) is 0 Å². The number of nitrogens with one attached hydrogen (secondary N) is 1. The van der Waals surface area contributed by atoms with Crippen molar-refractivity contribution in [3.8, 4) is 0 Å². The second kappa shape index (κ2) is 12.8. The van der Waals surface area contributed by atoms with Gasteiger partial charge in [-0.2, -0.15) is 0 Å². The summed E-state index contributed by atoms with van der Waals surface area (Å²) in [7, 11) is 0. The normalized spacial score (nSPS) is 16.4. The molecule has 4 atom stereocenters. The summed E-state index contributed by atoms with van der Waals surface area (Å²) in [6.07, 6.45) is 0.232. The van der Waals surface area contributed by atoms with Gasteiger partial charge in [-0.15, -0.1) is 11.3 Å². The van der Waals surface area contributed by atoms with Gasteiger partial charge < -0.3 is 15.0 Å². The fourth-order valence-electron chi connectivity index (χ4n) is 4.62. The molecule has 0 aromatic heterocycles. The van der Waals surface area contributed by atoms with Crippen molar-refractivity contribution >= 4 is 33.4 Å². The van der Waals surface area contributed by atoms with Crippen LogP contribution in [0.25, 0.3) is 0 Å². The molecule has 0 bridgehead atoms. The number of amides is 1. The third-order valence-corrected chi connectivity index (χ3v) is 8.39. The summed E-state index contributed by atoms with van der Waals surface area (Å²) in [4.78, 5) is 12.3. The van der Waals surface area contributed by atoms with E-state index in [1.807, 2.05) is 70.2 Å². The molecule has 0 saturated heterocycles. The summed E-state index contributed by atoms with van der Waals surface area (Å²) < 4.78 is 23.4. The van der Waals surface area contributed by atoms with E-state index < -0.39 is 33.8 Å². The summed E-state index contributed by atoms with van der Waals surface area (Å²) in [5.74, 6) is -0.140. The van der Waals surface area contributed by atoms with Crippen LogP contribution in [-0.4, -0.2) is 21.5 Å². The van der Waals surface area contributed by atoms with E-state index in [2.05, 4.69) is 60.1 Å². The lowest BCUT2D eigenvalue weighted by molar-refractivity contribution is 0.0532. The summed E-state index contributed by atoms with van der Waals surface area (Å²) in [5, 5.41) is 0. The highest BCUT2D eigenvalue weighted by atomic mass is 79.9. The molecule has 3 N–H and O–H groups in total. The van der Waals surface area contributed by atoms with E-state index in [4.69, 9.17) is 10.5 Å². The van der Waals surface area contributed by atoms with Crippen molar-refractivity contribution in [1.82, 2.24) is 4.72 Å². The maximum atomic E-state index is 13.6. The van der Waals surface area contributed by atoms with Crippen molar-refractivity contribution in [2.45, 2.75) is 90.0 Å². The van der Waals surface area contributed by atoms with Crippen LogP contribution in [0, 0.1) is 5.41 Å². The van der Waals surface area contributed by atoms with Gasteiger partial charge in [0.05, 0.1) is 5.54 Å². The third kappa shape index (κ3) is 9.78. The van der Waals surface area contributed by atoms with Crippen molar-refractivity contribution in [3.05, 3.63) is 82.3 Å². The molecular weight excluding hydrogens is 548 g/mol. The third-order valence-electron chi connectivity index (χ3n) is 6.17. The fourth-order valence-corrected chi connectivity index (χ4v) is 5.82. The molecule has 2 aromatic rings. The van der Waals surface area contributed by atoms with Gasteiger partial charge in [-0.1, -0.05) is 84.7 Å². The van der Waals surface area contributed by atoms with Crippen molar-refractivity contribution in [2.24, 2.45) is 11.1 Å². The van der Waals surface area contributed by atoms with E-state index in [1.165, 1.54) is 0 Å². The van der Waals surface area contributed by atoms with Crippen LogP contribution in [0.5, 0.6) is 0 Å². The predicted octanol–water partition coefficient (Wildman–Crippen LogP) is 7.74. The Bertz CT molecular complexity index is 1030. The highest BCUT2D eigenvalue weighted by molar-refractivity contribution is 9.10. The molecule has 2 rings (SSSR count). The topological polar surface area (TPSA) is 87.4 Å². The molecule has 0 fully saturated rings. The number of hydrogen-bond donors (Lipinski definition) is 2. The first-order chi connectivity index (χ1) is 17.0. The van der Waals surface area contributed by atoms with Crippen LogP contribution in [0.1, 0.15) is 84.8 Å². The molecule has 0 aliphatic carbocycles. The van der Waals surface area contributed by atoms with Crippen LogP contribution < -0.4 is 10.5 Å². The fraction of sp³-hybridized carbons (Fsp3) is 0.500. The molecule has 1 amide bonds. The standard InChI is InChI=1S/C30H43BrN2O3S/c1-21(2)18-30(23-12-10-9-11-13-23,33-37(35)29(6,7)8)20-26(36-27(32)34)25(19-28(3,4)5)22-14-16-24(31)17-15-22/h9-17,25-26,33H,1,18-20H2,2-8H3,(H2,32,34)/t25?,26-,30?,37+/m0/s1. The monoisotopic (exact) mass is 590 g/mol. The number of carbonyl (C=O) groups is 1. The van der Waals surface area contributed by atoms with Crippen molar-refractivity contribution in [3.63, 3.8) is 0 Å². The Balaban J connectivity index is 2.73. The molecule has 2 aromatic carbocycles. The minimum atomic E-state index is -1.40. The second-order valence-electron chi connectivity index (χ2n) is 12.2. The zero-order chi connectivity index (χ0) is 28.0. The van der Waals surface area contributed by atoms with Gasteiger partial charge in [-0.25, -0.2) is 4.79 Å². The average Bonchev–Trinajstić information content (AvgIpc) is 2.76. The molecule has 204 valence electrons. The number of rotatable bonds is 11. The maximum absolute atomic E-state index is 13.6. The molecule has 7 heteroatoms. The highest BCUT2D eigenvalue weighted by Gasteiger charge is 2.45. The Labute approximate surface area is 235 Å². The van der Waals surface area contributed by atoms with Crippen LogP contribution >= 0.6 is 15.9 Å². The largest absolute Gasteiger partial charge is 0.598 e. The van der Waals surface area contributed by atoms with Gasteiger partial charge in [0.2, 0.25) is 0 Å². The maximum Gasteiger partial charge on any atom is 0.404 e. The first-order valence-electron chi connectivity index (χ1n) is 12.6. The van der Waals surface area contributed by atoms with Crippen LogP contribution in [0.3, 0.4) is 0 Å². The van der Waals surface area contributed by atoms with E-state index in [1.54, 1.807) is 0 Å². The average molecular weight is 592 g/mol. The Morgan fingerprint density at radius 1 is 1.05 bits per heavy atom. The highest BCUT2D eigenvalue weighted by Crippen LogP contribution is 2.43. The lowest BCUT2D eigenvalue weighted by atomic mass is 9.73. The van der Waals surface area contributed by atoms with Crippen LogP contribution in [-0.2, 0) is 21.6 Å². The Morgan fingerprint density at radius 2 is 1.62 bits per heavy atom. The number of carbonyl (C=O) groups excluding carboxylic acids is 1. The predicted molar refractivity (Wildman–Crippen MR) is 159 cm³/mol. The zero-order valence-corrected chi connectivity index (χ0v) is 25.7. The van der Waals surface area contributed by atoms with Crippen LogP contribution in [0.4, 0.5) is 4.79 Å². The Hall–Kier alpha value is -1.80. The quantitative estimate of drug-likeness (QED) is 0.207. The zero-order valence-electron chi connectivity index (χ0n) is 23.3. The Morgan fingerprint density at radius 3 is 2.08 bits per heavy atom. The molecule has 37 heavy (non-hydrogen) atoms. The lowest BCUT2D eigenvalue weighted by Gasteiger charge is -2.42. The van der Waals surface area contributed by atoms with Crippen molar-refractivity contribution in [1.29, 1.82) is 0 Å². The molecule has 5 nitrogen and oxygen atoms in total. The van der Waals surface area contributed by atoms with Crippen molar-refractivity contribution in [2.75, 3.05) is 0 Å². The number of nitrogens with two attached hydrogens (primary N) is 1. The van der Waals surface area contributed by atoms with Gasteiger partial charge in [-0.05, 0) is 69.2 Å². The molecule has 0 aliphatic rings. The van der Waals surface area contributed by atoms with Crippen molar-refractivity contribution < 1.29 is 14.1 Å². The second-order valence-corrected chi connectivity index (χ2v) is 15.0. The first-order valence-corrected chi connectivity index (χ1v) is 14.6. The molecule has 0 saturated carbocycles. The van der Waals surface area contributed by atoms with E-state index in [9.17, 15) is 9.35 Å². The molecule has 0 radical (unpaired) electrons. The summed E-state index contributed by atoms with van der Waals surface area (Å²) in [6, 6.07) is 18.0. The van der Waals surface area contributed by atoms with E-state index in [0.717, 1.165) is 27.6 Å². The molecule has 0 spiro atoms. The summed E-state index contributed by atoms with van der Waals surface area (Å²) in [5.41, 5.74) is 7.74. The first kappa shape index (κ1) is 31.4. The van der Waals surface area contributed by atoms with Crippen LogP contribution in [0.15, 0.2) is 71.2 Å². The smallest absolute Gasteiger partial charge is 0.404 e.